The van der Waals surface area contributed by atoms with Crippen LogP contribution >= 0.6 is 11.6 Å². The van der Waals surface area contributed by atoms with Crippen LogP contribution in [0.5, 0.6) is 11.5 Å². The smallest absolute Gasteiger partial charge is 0.308 e. The Labute approximate surface area is 172 Å². The number of anilines is 1. The summed E-state index contributed by atoms with van der Waals surface area (Å²) < 4.78 is 16.6. The molecule has 0 aliphatic rings. The number of hydrogen-bond acceptors (Lipinski definition) is 5. The number of carbonyl (C=O) groups is 1. The van der Waals surface area contributed by atoms with Crippen LogP contribution < -0.4 is 15.2 Å². The molecule has 3 aromatic carbocycles. The summed E-state index contributed by atoms with van der Waals surface area (Å²) in [4.78, 5) is 11.8. The molecule has 4 aromatic rings. The number of halogens is 1. The Kier molecular flexibility index (Phi) is 4.91. The van der Waals surface area contributed by atoms with Gasteiger partial charge in [-0.15, -0.1) is 0 Å². The molecule has 1 heterocycles. The lowest BCUT2D eigenvalue weighted by atomic mass is 9.99. The molecular weight excluding hydrogens is 390 g/mol. The van der Waals surface area contributed by atoms with Gasteiger partial charge >= 0.3 is 5.97 Å². The van der Waals surface area contributed by atoms with Crippen LogP contribution in [0.2, 0.25) is 5.02 Å². The van der Waals surface area contributed by atoms with Crippen LogP contribution in [0.1, 0.15) is 6.92 Å². The first-order valence-electron chi connectivity index (χ1n) is 8.91. The Balaban J connectivity index is 1.94. The number of furan rings is 1. The van der Waals surface area contributed by atoms with E-state index in [0.29, 0.717) is 27.3 Å². The quantitative estimate of drug-likeness (QED) is 0.335. The number of rotatable bonds is 4. The number of nitrogens with two attached hydrogens (primary N) is 1. The van der Waals surface area contributed by atoms with E-state index >= 15 is 0 Å². The number of ether oxygens (including phenoxy) is 2. The summed E-state index contributed by atoms with van der Waals surface area (Å²) in [5, 5.41) is 1.25. The molecular formula is C23H18ClNO4. The SMILES string of the molecule is COc1ccc(-c2cc(OC(C)=O)c3c(-c4ccc(Cl)cc4)c(N)oc3c2)cc1. The van der Waals surface area contributed by atoms with Gasteiger partial charge in [-0.3, -0.25) is 4.79 Å². The first-order valence-corrected chi connectivity index (χ1v) is 9.29. The maximum Gasteiger partial charge on any atom is 0.308 e. The van der Waals surface area contributed by atoms with Gasteiger partial charge in [0.15, 0.2) is 5.88 Å². The molecule has 29 heavy (non-hydrogen) atoms. The van der Waals surface area contributed by atoms with Gasteiger partial charge in [0.2, 0.25) is 0 Å². The van der Waals surface area contributed by atoms with E-state index < -0.39 is 5.97 Å². The first kappa shape index (κ1) is 18.9. The second kappa shape index (κ2) is 7.53. The van der Waals surface area contributed by atoms with Gasteiger partial charge in [-0.2, -0.15) is 0 Å². The number of fused-ring (bicyclic) bond motifs is 1. The van der Waals surface area contributed by atoms with Crippen molar-refractivity contribution in [1.29, 1.82) is 0 Å². The number of hydrogen-bond donors (Lipinski definition) is 1. The minimum Gasteiger partial charge on any atom is -0.497 e. The first-order chi connectivity index (χ1) is 14.0. The fourth-order valence-corrected chi connectivity index (χ4v) is 3.42. The lowest BCUT2D eigenvalue weighted by molar-refractivity contribution is -0.131. The van der Waals surface area contributed by atoms with Crippen LogP contribution in [0, 0.1) is 0 Å². The normalized spacial score (nSPS) is 10.9. The molecule has 0 spiro atoms. The van der Waals surface area contributed by atoms with E-state index in [0.717, 1.165) is 22.4 Å². The average molecular weight is 408 g/mol. The van der Waals surface area contributed by atoms with E-state index in [4.69, 9.17) is 31.2 Å². The molecule has 6 heteroatoms. The lowest BCUT2D eigenvalue weighted by Crippen LogP contribution is -2.02. The highest BCUT2D eigenvalue weighted by Crippen LogP contribution is 2.44. The van der Waals surface area contributed by atoms with E-state index in [1.54, 1.807) is 25.3 Å². The zero-order valence-corrected chi connectivity index (χ0v) is 16.6. The molecule has 0 saturated heterocycles. The number of esters is 1. The number of methoxy groups -OCH3 is 1. The second-order valence-electron chi connectivity index (χ2n) is 6.52. The predicted octanol–water partition coefficient (Wildman–Crippen LogP) is 5.94. The van der Waals surface area contributed by atoms with Crippen LogP contribution in [0.15, 0.2) is 65.1 Å². The Bertz CT molecular complexity index is 1190. The highest BCUT2D eigenvalue weighted by Gasteiger charge is 2.21. The molecule has 2 N–H and O–H groups in total. The molecule has 0 unspecified atom stereocenters. The summed E-state index contributed by atoms with van der Waals surface area (Å²) in [5.41, 5.74) is 9.94. The Morgan fingerprint density at radius 3 is 2.24 bits per heavy atom. The summed E-state index contributed by atoms with van der Waals surface area (Å²) in [6, 6.07) is 18.5. The van der Waals surface area contributed by atoms with Crippen LogP contribution in [0.3, 0.4) is 0 Å². The van der Waals surface area contributed by atoms with Crippen LogP contribution in [-0.2, 0) is 4.79 Å². The van der Waals surface area contributed by atoms with Crippen molar-refractivity contribution in [2.75, 3.05) is 12.8 Å². The maximum absolute atomic E-state index is 11.8. The van der Waals surface area contributed by atoms with Crippen LogP contribution in [-0.4, -0.2) is 13.1 Å². The standard InChI is InChI=1S/C23H18ClNO4/c1-13(26)28-19-11-16(14-5-9-18(27-2)10-6-14)12-20-22(19)21(23(25)29-20)15-3-7-17(24)8-4-15/h3-12H,25H2,1-2H3. The number of nitrogen functional groups attached to an aromatic ring is 1. The minimum atomic E-state index is -0.431. The van der Waals surface area contributed by atoms with E-state index in [1.807, 2.05) is 42.5 Å². The van der Waals surface area contributed by atoms with Crippen molar-refractivity contribution in [3.8, 4) is 33.8 Å². The molecule has 5 nitrogen and oxygen atoms in total. The monoisotopic (exact) mass is 407 g/mol. The molecule has 0 fully saturated rings. The molecule has 0 amide bonds. The van der Waals surface area contributed by atoms with Crippen LogP contribution in [0.25, 0.3) is 33.2 Å². The Morgan fingerprint density at radius 1 is 0.966 bits per heavy atom. The van der Waals surface area contributed by atoms with Gasteiger partial charge in [0.05, 0.1) is 18.1 Å². The summed E-state index contributed by atoms with van der Waals surface area (Å²) in [7, 11) is 1.61. The highest BCUT2D eigenvalue weighted by atomic mass is 35.5. The number of carbonyl (C=O) groups excluding carboxylic acids is 1. The van der Waals surface area contributed by atoms with Crippen molar-refractivity contribution in [2.45, 2.75) is 6.92 Å². The van der Waals surface area contributed by atoms with E-state index in [2.05, 4.69) is 0 Å². The van der Waals surface area contributed by atoms with E-state index in [9.17, 15) is 4.79 Å². The molecule has 0 radical (unpaired) electrons. The summed E-state index contributed by atoms with van der Waals surface area (Å²) in [6.07, 6.45) is 0. The van der Waals surface area contributed by atoms with Crippen molar-refractivity contribution in [1.82, 2.24) is 0 Å². The van der Waals surface area contributed by atoms with Crippen molar-refractivity contribution < 1.29 is 18.7 Å². The molecule has 1 aromatic heterocycles. The Morgan fingerprint density at radius 2 is 1.62 bits per heavy atom. The van der Waals surface area contributed by atoms with Gasteiger partial charge in [-0.25, -0.2) is 0 Å². The van der Waals surface area contributed by atoms with E-state index in [-0.39, 0.29) is 5.88 Å². The average Bonchev–Trinajstić information content (AvgIpc) is 3.04. The zero-order chi connectivity index (χ0) is 20.5. The lowest BCUT2D eigenvalue weighted by Gasteiger charge is -2.09. The van der Waals surface area contributed by atoms with Gasteiger partial charge in [-0.05, 0) is 53.1 Å². The molecule has 0 aliphatic heterocycles. The van der Waals surface area contributed by atoms with E-state index in [1.165, 1.54) is 6.92 Å². The Hall–Kier alpha value is -3.44. The van der Waals surface area contributed by atoms with Gasteiger partial charge in [-0.1, -0.05) is 35.9 Å². The van der Waals surface area contributed by atoms with Crippen molar-refractivity contribution in [3.05, 3.63) is 65.7 Å². The van der Waals surface area contributed by atoms with Crippen molar-refractivity contribution in [2.24, 2.45) is 0 Å². The third-order valence-corrected chi connectivity index (χ3v) is 4.84. The van der Waals surface area contributed by atoms with Gasteiger partial charge in [0.1, 0.15) is 17.1 Å². The molecule has 0 saturated carbocycles. The third-order valence-electron chi connectivity index (χ3n) is 4.59. The molecule has 0 bridgehead atoms. The summed E-state index contributed by atoms with van der Waals surface area (Å²) >= 11 is 6.01. The summed E-state index contributed by atoms with van der Waals surface area (Å²) in [5.74, 6) is 0.941. The largest absolute Gasteiger partial charge is 0.497 e. The predicted molar refractivity (Wildman–Crippen MR) is 114 cm³/mol. The molecule has 146 valence electrons. The third kappa shape index (κ3) is 3.65. The van der Waals surface area contributed by atoms with Gasteiger partial charge < -0.3 is 19.6 Å². The second-order valence-corrected chi connectivity index (χ2v) is 6.95. The molecule has 0 aliphatic carbocycles. The van der Waals surface area contributed by atoms with Crippen LogP contribution in [0.4, 0.5) is 5.88 Å². The number of benzene rings is 3. The fourth-order valence-electron chi connectivity index (χ4n) is 3.30. The van der Waals surface area contributed by atoms with Gasteiger partial charge in [0.25, 0.3) is 0 Å². The molecule has 0 atom stereocenters. The van der Waals surface area contributed by atoms with Crippen molar-refractivity contribution >= 4 is 34.4 Å². The zero-order valence-electron chi connectivity index (χ0n) is 15.9. The van der Waals surface area contributed by atoms with Crippen molar-refractivity contribution in [3.63, 3.8) is 0 Å². The topological polar surface area (TPSA) is 74.7 Å². The summed E-state index contributed by atoms with van der Waals surface area (Å²) in [6.45, 7) is 1.36. The minimum absolute atomic E-state index is 0.239. The molecule has 4 rings (SSSR count). The highest BCUT2D eigenvalue weighted by molar-refractivity contribution is 6.30. The van der Waals surface area contributed by atoms with Gasteiger partial charge in [0, 0.05) is 11.9 Å². The fraction of sp³-hybridized carbons (Fsp3) is 0.0870. The maximum atomic E-state index is 11.8.